The molecule has 0 radical (unpaired) electrons. The van der Waals surface area contributed by atoms with Gasteiger partial charge in [0, 0.05) is 32.0 Å². The van der Waals surface area contributed by atoms with E-state index in [1.165, 1.54) is 11.3 Å². The molecule has 0 saturated carbocycles. The molecule has 104 valence electrons. The van der Waals surface area contributed by atoms with E-state index < -0.39 is 0 Å². The van der Waals surface area contributed by atoms with Crippen LogP contribution in [0.4, 0.5) is 0 Å². The Morgan fingerprint density at radius 1 is 1.16 bits per heavy atom. The van der Waals surface area contributed by atoms with Crippen LogP contribution in [0.2, 0.25) is 0 Å². The molecule has 1 aromatic rings. The molecule has 1 aliphatic rings. The van der Waals surface area contributed by atoms with E-state index in [4.69, 9.17) is 9.73 Å². The number of piperidine rings is 1. The number of hydrogen-bond acceptors (Lipinski definition) is 3. The van der Waals surface area contributed by atoms with Gasteiger partial charge in [0.2, 0.25) is 0 Å². The van der Waals surface area contributed by atoms with Gasteiger partial charge in [-0.2, -0.15) is 0 Å². The summed E-state index contributed by atoms with van der Waals surface area (Å²) in [4.78, 5) is 7.21. The molecule has 0 atom stereocenters. The standard InChI is InChI=1S/C16H24N2O/c1-2-19-13-12-18-10-8-16(9-11-18)17-14-15-6-4-3-5-7-15/h3-7H,2,8-14H2,1H3. The average molecular weight is 260 g/mol. The first-order valence-corrected chi connectivity index (χ1v) is 7.24. The molecule has 1 heterocycles. The van der Waals surface area contributed by atoms with E-state index in [0.29, 0.717) is 0 Å². The Morgan fingerprint density at radius 3 is 2.58 bits per heavy atom. The minimum atomic E-state index is 0.817. The smallest absolute Gasteiger partial charge is 0.0639 e. The third-order valence-electron chi connectivity index (χ3n) is 3.52. The zero-order valence-corrected chi connectivity index (χ0v) is 11.8. The number of ether oxygens (including phenoxy) is 1. The lowest BCUT2D eigenvalue weighted by atomic mass is 10.1. The zero-order valence-electron chi connectivity index (χ0n) is 11.8. The fourth-order valence-electron chi connectivity index (χ4n) is 2.32. The van der Waals surface area contributed by atoms with E-state index in [1.807, 2.05) is 13.0 Å². The molecule has 0 bridgehead atoms. The van der Waals surface area contributed by atoms with Crippen LogP contribution < -0.4 is 0 Å². The molecule has 2 rings (SSSR count). The van der Waals surface area contributed by atoms with Gasteiger partial charge in [0.25, 0.3) is 0 Å². The van der Waals surface area contributed by atoms with Gasteiger partial charge in [0.05, 0.1) is 13.2 Å². The molecule has 0 amide bonds. The van der Waals surface area contributed by atoms with Gasteiger partial charge in [-0.25, -0.2) is 0 Å². The summed E-state index contributed by atoms with van der Waals surface area (Å²) in [6, 6.07) is 10.5. The summed E-state index contributed by atoms with van der Waals surface area (Å²) in [7, 11) is 0. The summed E-state index contributed by atoms with van der Waals surface area (Å²) in [6.07, 6.45) is 2.22. The van der Waals surface area contributed by atoms with Crippen molar-refractivity contribution in [3.63, 3.8) is 0 Å². The van der Waals surface area contributed by atoms with Crippen LogP contribution in [0, 0.1) is 0 Å². The Kier molecular flexibility index (Phi) is 6.05. The van der Waals surface area contributed by atoms with Crippen LogP contribution in [0.25, 0.3) is 0 Å². The molecule has 1 fully saturated rings. The van der Waals surface area contributed by atoms with E-state index in [1.54, 1.807) is 0 Å². The summed E-state index contributed by atoms with van der Waals surface area (Å²) in [5.74, 6) is 0. The number of aliphatic imine (C=N–C) groups is 1. The highest BCUT2D eigenvalue weighted by molar-refractivity contribution is 5.85. The fraction of sp³-hybridized carbons (Fsp3) is 0.562. The van der Waals surface area contributed by atoms with Crippen molar-refractivity contribution in [1.29, 1.82) is 0 Å². The van der Waals surface area contributed by atoms with Gasteiger partial charge >= 0.3 is 0 Å². The van der Waals surface area contributed by atoms with Gasteiger partial charge in [-0.3, -0.25) is 4.99 Å². The molecule has 1 saturated heterocycles. The second kappa shape index (κ2) is 8.08. The zero-order chi connectivity index (χ0) is 13.3. The Labute approximate surface area is 116 Å². The SMILES string of the molecule is CCOCCN1CCC(=NCc2ccccc2)CC1. The first-order valence-electron chi connectivity index (χ1n) is 7.24. The van der Waals surface area contributed by atoms with Gasteiger partial charge in [0.15, 0.2) is 0 Å². The Balaban J connectivity index is 1.71. The van der Waals surface area contributed by atoms with Gasteiger partial charge in [0.1, 0.15) is 0 Å². The lowest BCUT2D eigenvalue weighted by molar-refractivity contribution is 0.113. The van der Waals surface area contributed by atoms with Gasteiger partial charge in [-0.1, -0.05) is 30.3 Å². The lowest BCUT2D eigenvalue weighted by Gasteiger charge is -2.27. The van der Waals surface area contributed by atoms with Crippen molar-refractivity contribution in [3.8, 4) is 0 Å². The monoisotopic (exact) mass is 260 g/mol. The summed E-state index contributed by atoms with van der Waals surface area (Å²) < 4.78 is 5.40. The molecule has 1 aromatic carbocycles. The molecule has 0 aromatic heterocycles. The second-order valence-electron chi connectivity index (χ2n) is 4.91. The van der Waals surface area contributed by atoms with Crippen LogP contribution in [-0.2, 0) is 11.3 Å². The van der Waals surface area contributed by atoms with E-state index >= 15 is 0 Å². The van der Waals surface area contributed by atoms with Gasteiger partial charge in [-0.05, 0) is 25.3 Å². The Hall–Kier alpha value is -1.19. The first-order chi connectivity index (χ1) is 9.38. The first kappa shape index (κ1) is 14.2. The number of rotatable bonds is 6. The minimum absolute atomic E-state index is 0.817. The highest BCUT2D eigenvalue weighted by atomic mass is 16.5. The highest BCUT2D eigenvalue weighted by Gasteiger charge is 2.14. The maximum Gasteiger partial charge on any atom is 0.0639 e. The lowest BCUT2D eigenvalue weighted by Crippen LogP contribution is -2.36. The van der Waals surface area contributed by atoms with Gasteiger partial charge < -0.3 is 9.64 Å². The molecule has 3 heteroatoms. The molecule has 0 unspecified atom stereocenters. The van der Waals surface area contributed by atoms with Crippen LogP contribution in [0.1, 0.15) is 25.3 Å². The number of hydrogen-bond donors (Lipinski definition) is 0. The van der Waals surface area contributed by atoms with E-state index in [-0.39, 0.29) is 0 Å². The number of nitrogens with zero attached hydrogens (tertiary/aromatic N) is 2. The normalized spacial score (nSPS) is 16.6. The van der Waals surface area contributed by atoms with Crippen molar-refractivity contribution in [2.24, 2.45) is 4.99 Å². The molecule has 19 heavy (non-hydrogen) atoms. The summed E-state index contributed by atoms with van der Waals surface area (Å²) in [5, 5.41) is 0. The Morgan fingerprint density at radius 2 is 1.89 bits per heavy atom. The summed E-state index contributed by atoms with van der Waals surface area (Å²) in [6.45, 7) is 7.85. The molecule has 0 aliphatic carbocycles. The third-order valence-corrected chi connectivity index (χ3v) is 3.52. The summed E-state index contributed by atoms with van der Waals surface area (Å²) in [5.41, 5.74) is 2.67. The molecular weight excluding hydrogens is 236 g/mol. The fourth-order valence-corrected chi connectivity index (χ4v) is 2.32. The van der Waals surface area contributed by atoms with Crippen LogP contribution in [-0.4, -0.2) is 43.5 Å². The van der Waals surface area contributed by atoms with Crippen molar-refractivity contribution in [1.82, 2.24) is 4.90 Å². The third kappa shape index (κ3) is 5.13. The minimum Gasteiger partial charge on any atom is -0.380 e. The van der Waals surface area contributed by atoms with Crippen molar-refractivity contribution in [3.05, 3.63) is 35.9 Å². The van der Waals surface area contributed by atoms with Crippen molar-refractivity contribution in [2.75, 3.05) is 32.8 Å². The van der Waals surface area contributed by atoms with Crippen LogP contribution >= 0.6 is 0 Å². The predicted octanol–water partition coefficient (Wildman–Crippen LogP) is 2.76. The maximum absolute atomic E-state index is 5.40. The number of likely N-dealkylation sites (tertiary alicyclic amines) is 1. The quantitative estimate of drug-likeness (QED) is 0.735. The average Bonchev–Trinajstić information content (AvgIpc) is 2.48. The van der Waals surface area contributed by atoms with E-state index in [0.717, 1.165) is 52.2 Å². The van der Waals surface area contributed by atoms with E-state index in [9.17, 15) is 0 Å². The molecule has 0 N–H and O–H groups in total. The molecule has 0 spiro atoms. The number of benzene rings is 1. The van der Waals surface area contributed by atoms with Crippen molar-refractivity contribution < 1.29 is 4.74 Å². The predicted molar refractivity (Wildman–Crippen MR) is 79.7 cm³/mol. The molecular formula is C16H24N2O. The van der Waals surface area contributed by atoms with Gasteiger partial charge in [-0.15, -0.1) is 0 Å². The highest BCUT2D eigenvalue weighted by Crippen LogP contribution is 2.09. The Bertz CT molecular complexity index is 379. The molecule has 1 aliphatic heterocycles. The van der Waals surface area contributed by atoms with Crippen LogP contribution in [0.3, 0.4) is 0 Å². The van der Waals surface area contributed by atoms with Crippen LogP contribution in [0.15, 0.2) is 35.3 Å². The summed E-state index contributed by atoms with van der Waals surface area (Å²) >= 11 is 0. The largest absolute Gasteiger partial charge is 0.380 e. The van der Waals surface area contributed by atoms with Crippen molar-refractivity contribution >= 4 is 5.71 Å². The van der Waals surface area contributed by atoms with Crippen molar-refractivity contribution in [2.45, 2.75) is 26.3 Å². The topological polar surface area (TPSA) is 24.8 Å². The van der Waals surface area contributed by atoms with E-state index in [2.05, 4.69) is 29.2 Å². The second-order valence-corrected chi connectivity index (χ2v) is 4.91. The van der Waals surface area contributed by atoms with Crippen LogP contribution in [0.5, 0.6) is 0 Å². The maximum atomic E-state index is 5.40. The molecule has 3 nitrogen and oxygen atoms in total.